The van der Waals surface area contributed by atoms with E-state index in [2.05, 4.69) is 6.92 Å². The maximum Gasteiger partial charge on any atom is 0.411 e. The number of ether oxygens (including phenoxy) is 2. The third-order valence-corrected chi connectivity index (χ3v) is 3.87. The van der Waals surface area contributed by atoms with Crippen molar-refractivity contribution in [3.05, 3.63) is 0 Å². The fourth-order valence-electron chi connectivity index (χ4n) is 2.47. The molecule has 3 atom stereocenters. The molecule has 2 aliphatic rings. The zero-order chi connectivity index (χ0) is 14.9. The first kappa shape index (κ1) is 15.1. The lowest BCUT2D eigenvalue weighted by atomic mass is 10.2. The van der Waals surface area contributed by atoms with Gasteiger partial charge in [0.25, 0.3) is 0 Å². The van der Waals surface area contributed by atoms with Crippen LogP contribution in [0.1, 0.15) is 47.0 Å². The monoisotopic (exact) mass is 283 g/mol. The Morgan fingerprint density at radius 3 is 2.50 bits per heavy atom. The van der Waals surface area contributed by atoms with E-state index >= 15 is 0 Å². The van der Waals surface area contributed by atoms with Crippen LogP contribution in [-0.4, -0.2) is 41.8 Å². The van der Waals surface area contributed by atoms with E-state index in [-0.39, 0.29) is 5.97 Å². The van der Waals surface area contributed by atoms with E-state index in [1.54, 1.807) is 0 Å². The molecular weight excluding hydrogens is 258 g/mol. The van der Waals surface area contributed by atoms with Gasteiger partial charge < -0.3 is 9.47 Å². The minimum atomic E-state index is -0.544. The normalized spacial score (nSPS) is 29.2. The number of hydrogen-bond donors (Lipinski definition) is 0. The van der Waals surface area contributed by atoms with Gasteiger partial charge in [0, 0.05) is 6.54 Å². The summed E-state index contributed by atoms with van der Waals surface area (Å²) in [5.74, 6) is 0.885. The molecule has 0 aromatic heterocycles. The Balaban J connectivity index is 1.86. The summed E-state index contributed by atoms with van der Waals surface area (Å²) in [4.78, 5) is 25.7. The molecule has 2 rings (SSSR count). The number of likely N-dealkylation sites (tertiary alicyclic amines) is 1. The largest absolute Gasteiger partial charge is 0.464 e. The van der Waals surface area contributed by atoms with Crippen LogP contribution < -0.4 is 0 Å². The summed E-state index contributed by atoms with van der Waals surface area (Å²) in [6, 6.07) is -0.473. The number of carbonyl (C=O) groups is 2. The van der Waals surface area contributed by atoms with Crippen LogP contribution in [0.2, 0.25) is 0 Å². The molecule has 114 valence electrons. The number of carbonyl (C=O) groups excluding carboxylic acids is 2. The lowest BCUT2D eigenvalue weighted by Crippen LogP contribution is -2.44. The van der Waals surface area contributed by atoms with Crippen molar-refractivity contribution in [2.45, 2.75) is 58.6 Å². The van der Waals surface area contributed by atoms with Gasteiger partial charge in [-0.15, -0.1) is 0 Å². The molecule has 0 N–H and O–H groups in total. The van der Waals surface area contributed by atoms with Crippen LogP contribution in [0.25, 0.3) is 0 Å². The van der Waals surface area contributed by atoms with Gasteiger partial charge in [-0.25, -0.2) is 9.59 Å². The summed E-state index contributed by atoms with van der Waals surface area (Å²) >= 11 is 0. The van der Waals surface area contributed by atoms with E-state index in [0.29, 0.717) is 31.4 Å². The van der Waals surface area contributed by atoms with Gasteiger partial charge in [0.1, 0.15) is 11.6 Å². The van der Waals surface area contributed by atoms with Gasteiger partial charge in [-0.2, -0.15) is 0 Å². The van der Waals surface area contributed by atoms with Gasteiger partial charge >= 0.3 is 12.1 Å². The molecule has 0 aromatic rings. The minimum absolute atomic E-state index is 0.285. The minimum Gasteiger partial charge on any atom is -0.464 e. The highest BCUT2D eigenvalue weighted by molar-refractivity contribution is 5.82. The Hall–Kier alpha value is -1.26. The molecule has 1 aliphatic carbocycles. The van der Waals surface area contributed by atoms with E-state index in [0.717, 1.165) is 12.8 Å². The van der Waals surface area contributed by atoms with Gasteiger partial charge in [-0.05, 0) is 51.9 Å². The molecule has 1 heterocycles. The fourth-order valence-corrected chi connectivity index (χ4v) is 2.47. The van der Waals surface area contributed by atoms with E-state index in [1.807, 2.05) is 20.8 Å². The molecule has 0 aromatic carbocycles. The van der Waals surface area contributed by atoms with Crippen LogP contribution in [0.4, 0.5) is 4.79 Å². The third kappa shape index (κ3) is 3.87. The highest BCUT2D eigenvalue weighted by atomic mass is 16.6. The van der Waals surface area contributed by atoms with E-state index in [1.165, 1.54) is 4.90 Å². The summed E-state index contributed by atoms with van der Waals surface area (Å²) < 4.78 is 10.7. The predicted molar refractivity (Wildman–Crippen MR) is 74.2 cm³/mol. The highest BCUT2D eigenvalue weighted by Crippen LogP contribution is 2.37. The molecule has 1 saturated heterocycles. The average Bonchev–Trinajstić information content (AvgIpc) is 2.85. The number of rotatable bonds is 3. The van der Waals surface area contributed by atoms with Crippen molar-refractivity contribution in [1.82, 2.24) is 4.90 Å². The Kier molecular flexibility index (Phi) is 4.25. The average molecular weight is 283 g/mol. The first-order valence-electron chi connectivity index (χ1n) is 7.44. The number of esters is 1. The molecule has 0 spiro atoms. The smallest absolute Gasteiger partial charge is 0.411 e. The van der Waals surface area contributed by atoms with Crippen molar-refractivity contribution < 1.29 is 19.1 Å². The topological polar surface area (TPSA) is 55.8 Å². The quantitative estimate of drug-likeness (QED) is 0.747. The van der Waals surface area contributed by atoms with Crippen molar-refractivity contribution in [1.29, 1.82) is 0 Å². The van der Waals surface area contributed by atoms with Crippen LogP contribution in [0.3, 0.4) is 0 Å². The first-order valence-corrected chi connectivity index (χ1v) is 7.44. The number of amides is 1. The van der Waals surface area contributed by atoms with Gasteiger partial charge in [-0.3, -0.25) is 4.90 Å². The van der Waals surface area contributed by atoms with Gasteiger partial charge in [-0.1, -0.05) is 6.92 Å². The van der Waals surface area contributed by atoms with Crippen molar-refractivity contribution in [2.75, 3.05) is 13.2 Å². The first-order chi connectivity index (χ1) is 9.28. The van der Waals surface area contributed by atoms with Crippen molar-refractivity contribution in [3.8, 4) is 0 Å². The molecule has 2 fully saturated rings. The van der Waals surface area contributed by atoms with Gasteiger partial charge in [0.05, 0.1) is 6.61 Å². The van der Waals surface area contributed by atoms with Crippen molar-refractivity contribution in [2.24, 2.45) is 11.8 Å². The summed E-state index contributed by atoms with van der Waals surface area (Å²) in [6.45, 7) is 8.67. The molecule has 0 radical (unpaired) electrons. The maximum atomic E-state index is 12.1. The van der Waals surface area contributed by atoms with Crippen molar-refractivity contribution in [3.63, 3.8) is 0 Å². The molecule has 0 bridgehead atoms. The zero-order valence-electron chi connectivity index (χ0n) is 12.8. The second-order valence-electron chi connectivity index (χ2n) is 6.93. The summed E-state index contributed by atoms with van der Waals surface area (Å²) in [7, 11) is 0. The Bertz CT molecular complexity index is 388. The summed E-state index contributed by atoms with van der Waals surface area (Å²) in [5.41, 5.74) is -0.544. The van der Waals surface area contributed by atoms with E-state index in [4.69, 9.17) is 9.47 Å². The molecule has 1 aliphatic heterocycles. The Labute approximate surface area is 120 Å². The lowest BCUT2D eigenvalue weighted by molar-refractivity contribution is -0.149. The fraction of sp³-hybridized carbons (Fsp3) is 0.867. The van der Waals surface area contributed by atoms with Crippen LogP contribution in [-0.2, 0) is 14.3 Å². The highest BCUT2D eigenvalue weighted by Gasteiger charge is 2.39. The summed E-state index contributed by atoms with van der Waals surface area (Å²) in [6.07, 6.45) is 2.20. The molecule has 1 amide bonds. The maximum absolute atomic E-state index is 12.1. The summed E-state index contributed by atoms with van der Waals surface area (Å²) in [5, 5.41) is 0. The Morgan fingerprint density at radius 2 is 1.95 bits per heavy atom. The molecular formula is C15H25NO4. The SMILES string of the molecule is CC1CC1COC(=O)C1CCCN1C(=O)OC(C)(C)C. The predicted octanol–water partition coefficient (Wildman–Crippen LogP) is 2.59. The molecule has 5 nitrogen and oxygen atoms in total. The number of hydrogen-bond acceptors (Lipinski definition) is 4. The Morgan fingerprint density at radius 1 is 1.30 bits per heavy atom. The standard InChI is InChI=1S/C15H25NO4/c1-10-8-11(10)9-19-13(17)12-6-5-7-16(12)14(18)20-15(2,3)4/h10-12H,5-9H2,1-4H3. The third-order valence-electron chi connectivity index (χ3n) is 3.87. The van der Waals surface area contributed by atoms with E-state index in [9.17, 15) is 9.59 Å². The molecule has 20 heavy (non-hydrogen) atoms. The van der Waals surface area contributed by atoms with Crippen molar-refractivity contribution >= 4 is 12.1 Å². The molecule has 3 unspecified atom stereocenters. The van der Waals surface area contributed by atoms with Crippen LogP contribution in [0, 0.1) is 11.8 Å². The second kappa shape index (κ2) is 5.62. The molecule has 1 saturated carbocycles. The van der Waals surface area contributed by atoms with Gasteiger partial charge in [0.15, 0.2) is 0 Å². The van der Waals surface area contributed by atoms with Crippen LogP contribution in [0.15, 0.2) is 0 Å². The second-order valence-corrected chi connectivity index (χ2v) is 6.93. The zero-order valence-corrected chi connectivity index (χ0v) is 12.8. The number of nitrogens with zero attached hydrogens (tertiary/aromatic N) is 1. The lowest BCUT2D eigenvalue weighted by Gasteiger charge is -2.27. The van der Waals surface area contributed by atoms with Gasteiger partial charge in [0.2, 0.25) is 0 Å². The van der Waals surface area contributed by atoms with Crippen LogP contribution in [0.5, 0.6) is 0 Å². The van der Waals surface area contributed by atoms with Crippen LogP contribution >= 0.6 is 0 Å². The van der Waals surface area contributed by atoms with E-state index < -0.39 is 17.7 Å². The molecule has 5 heteroatoms.